The Bertz CT molecular complexity index is 586. The summed E-state index contributed by atoms with van der Waals surface area (Å²) < 4.78 is 5.59. The van der Waals surface area contributed by atoms with Crippen molar-refractivity contribution in [2.24, 2.45) is 10.4 Å². The van der Waals surface area contributed by atoms with Gasteiger partial charge in [-0.15, -0.1) is 24.0 Å². The third-order valence-corrected chi connectivity index (χ3v) is 5.08. The molecule has 5 nitrogen and oxygen atoms in total. The van der Waals surface area contributed by atoms with E-state index in [1.807, 2.05) is 7.05 Å². The number of benzene rings is 1. The van der Waals surface area contributed by atoms with Gasteiger partial charge >= 0.3 is 0 Å². The van der Waals surface area contributed by atoms with Crippen LogP contribution in [-0.4, -0.2) is 57.3 Å². The lowest BCUT2D eigenvalue weighted by Gasteiger charge is -2.30. The van der Waals surface area contributed by atoms with Crippen LogP contribution in [0.2, 0.25) is 0 Å². The first-order valence-corrected chi connectivity index (χ1v) is 9.70. The van der Waals surface area contributed by atoms with E-state index in [-0.39, 0.29) is 35.5 Å². The van der Waals surface area contributed by atoms with Crippen LogP contribution in [0, 0.1) is 5.41 Å². The molecule has 0 amide bonds. The van der Waals surface area contributed by atoms with Crippen LogP contribution in [0.5, 0.6) is 0 Å². The summed E-state index contributed by atoms with van der Waals surface area (Å²) in [5.74, 6) is 0.847. The van der Waals surface area contributed by atoms with Gasteiger partial charge in [-0.2, -0.15) is 0 Å². The number of aliphatic imine (C=N–C) groups is 1. The second kappa shape index (κ2) is 11.9. The number of ether oxygens (including phenoxy) is 1. The van der Waals surface area contributed by atoms with Crippen LogP contribution < -0.4 is 10.6 Å². The molecule has 0 saturated carbocycles. The lowest BCUT2D eigenvalue weighted by atomic mass is 9.89. The number of hydrogen-bond acceptors (Lipinski definition) is 3. The average molecular weight is 488 g/mol. The number of hydrogen-bond donors (Lipinski definition) is 2. The Morgan fingerprint density at radius 1 is 1.22 bits per heavy atom. The van der Waals surface area contributed by atoms with Crippen molar-refractivity contribution < 1.29 is 4.74 Å². The molecule has 0 fully saturated rings. The van der Waals surface area contributed by atoms with Crippen molar-refractivity contribution in [2.45, 2.75) is 46.3 Å². The zero-order valence-corrected chi connectivity index (χ0v) is 19.9. The molecule has 1 unspecified atom stereocenters. The molecular weight excluding hydrogens is 451 g/mol. The standard InChI is InChI=1S/C21H36N4O.HI/c1-21(2,3)19(26-5)15-24-20(22-4)23-12-8-13-25-14-11-17-9-6-7-10-18(17)16-25;/h6-7,9-10,19H,8,11-16H2,1-5H3,(H2,22,23,24);1H. The lowest BCUT2D eigenvalue weighted by Crippen LogP contribution is -2.45. The van der Waals surface area contributed by atoms with Crippen molar-refractivity contribution in [3.63, 3.8) is 0 Å². The summed E-state index contributed by atoms with van der Waals surface area (Å²) in [6.07, 6.45) is 2.42. The van der Waals surface area contributed by atoms with Crippen LogP contribution in [0.3, 0.4) is 0 Å². The van der Waals surface area contributed by atoms with E-state index in [0.717, 1.165) is 51.5 Å². The second-order valence-corrected chi connectivity index (χ2v) is 8.12. The molecule has 1 atom stereocenters. The van der Waals surface area contributed by atoms with Crippen molar-refractivity contribution in [3.05, 3.63) is 35.4 Å². The number of methoxy groups -OCH3 is 1. The topological polar surface area (TPSA) is 48.9 Å². The molecule has 27 heavy (non-hydrogen) atoms. The number of nitrogens with zero attached hydrogens (tertiary/aromatic N) is 2. The third kappa shape index (κ3) is 7.95. The minimum absolute atomic E-state index is 0. The minimum atomic E-state index is 0. The molecule has 0 spiro atoms. The van der Waals surface area contributed by atoms with Crippen LogP contribution in [0.25, 0.3) is 0 Å². The highest BCUT2D eigenvalue weighted by Gasteiger charge is 2.24. The van der Waals surface area contributed by atoms with Gasteiger partial charge in [0.05, 0.1) is 6.10 Å². The summed E-state index contributed by atoms with van der Waals surface area (Å²) in [4.78, 5) is 6.86. The van der Waals surface area contributed by atoms with Gasteiger partial charge in [-0.3, -0.25) is 9.89 Å². The Morgan fingerprint density at radius 3 is 2.56 bits per heavy atom. The largest absolute Gasteiger partial charge is 0.379 e. The maximum absolute atomic E-state index is 5.59. The highest BCUT2D eigenvalue weighted by molar-refractivity contribution is 14.0. The van der Waals surface area contributed by atoms with Gasteiger partial charge in [-0.05, 0) is 29.4 Å². The molecule has 2 rings (SSSR count). The van der Waals surface area contributed by atoms with Gasteiger partial charge in [-0.1, -0.05) is 45.0 Å². The molecule has 154 valence electrons. The monoisotopic (exact) mass is 488 g/mol. The normalized spacial score (nSPS) is 16.3. The van der Waals surface area contributed by atoms with Gasteiger partial charge in [0.15, 0.2) is 5.96 Å². The predicted octanol–water partition coefficient (Wildman–Crippen LogP) is 3.28. The molecule has 1 aromatic carbocycles. The molecule has 6 heteroatoms. The first-order valence-electron chi connectivity index (χ1n) is 9.70. The van der Waals surface area contributed by atoms with Crippen molar-refractivity contribution in [2.75, 3.05) is 40.3 Å². The molecule has 0 saturated heterocycles. The van der Waals surface area contributed by atoms with Crippen molar-refractivity contribution >= 4 is 29.9 Å². The van der Waals surface area contributed by atoms with E-state index in [4.69, 9.17) is 4.74 Å². The first-order chi connectivity index (χ1) is 12.4. The van der Waals surface area contributed by atoms with Crippen molar-refractivity contribution in [1.29, 1.82) is 0 Å². The van der Waals surface area contributed by atoms with Crippen LogP contribution >= 0.6 is 24.0 Å². The van der Waals surface area contributed by atoms with E-state index in [2.05, 4.69) is 65.6 Å². The van der Waals surface area contributed by atoms with Gasteiger partial charge in [-0.25, -0.2) is 0 Å². The van der Waals surface area contributed by atoms with E-state index in [0.29, 0.717) is 0 Å². The number of fused-ring (bicyclic) bond motifs is 1. The Balaban J connectivity index is 0.00000364. The SMILES string of the molecule is CN=C(NCCCN1CCc2ccccc2C1)NCC(OC)C(C)(C)C.I. The number of rotatable bonds is 7. The fourth-order valence-electron chi connectivity index (χ4n) is 3.41. The summed E-state index contributed by atoms with van der Waals surface area (Å²) in [6.45, 7) is 11.6. The Morgan fingerprint density at radius 2 is 1.93 bits per heavy atom. The van der Waals surface area contributed by atoms with Crippen LogP contribution in [0.4, 0.5) is 0 Å². The summed E-state index contributed by atoms with van der Waals surface area (Å²) in [5, 5.41) is 6.79. The molecule has 0 bridgehead atoms. The molecule has 0 radical (unpaired) electrons. The highest BCUT2D eigenvalue weighted by atomic mass is 127. The molecular formula is C21H37IN4O. The van der Waals surface area contributed by atoms with Crippen molar-refractivity contribution in [1.82, 2.24) is 15.5 Å². The molecule has 1 heterocycles. The van der Waals surface area contributed by atoms with E-state index in [1.165, 1.54) is 11.1 Å². The number of nitrogens with one attached hydrogen (secondary N) is 2. The quantitative estimate of drug-likeness (QED) is 0.268. The predicted molar refractivity (Wildman–Crippen MR) is 125 cm³/mol. The average Bonchev–Trinajstić information content (AvgIpc) is 2.62. The lowest BCUT2D eigenvalue weighted by molar-refractivity contribution is 0.0205. The Labute approximate surface area is 182 Å². The maximum Gasteiger partial charge on any atom is 0.191 e. The first kappa shape index (κ1) is 24.2. The van der Waals surface area contributed by atoms with E-state index >= 15 is 0 Å². The fraction of sp³-hybridized carbons (Fsp3) is 0.667. The summed E-state index contributed by atoms with van der Waals surface area (Å²) >= 11 is 0. The van der Waals surface area contributed by atoms with Gasteiger partial charge < -0.3 is 15.4 Å². The number of halogens is 1. The second-order valence-electron chi connectivity index (χ2n) is 8.12. The molecule has 1 aliphatic rings. The maximum atomic E-state index is 5.59. The van der Waals surface area contributed by atoms with Gasteiger partial charge in [0.1, 0.15) is 0 Å². The summed E-state index contributed by atoms with van der Waals surface area (Å²) in [5.41, 5.74) is 3.10. The van der Waals surface area contributed by atoms with Gasteiger partial charge in [0.25, 0.3) is 0 Å². The third-order valence-electron chi connectivity index (χ3n) is 5.08. The van der Waals surface area contributed by atoms with E-state index < -0.39 is 0 Å². The molecule has 1 aromatic rings. The Kier molecular flexibility index (Phi) is 10.6. The number of guanidine groups is 1. The molecule has 1 aliphatic heterocycles. The van der Waals surface area contributed by atoms with Crippen LogP contribution in [0.15, 0.2) is 29.3 Å². The van der Waals surface area contributed by atoms with Crippen LogP contribution in [0.1, 0.15) is 38.3 Å². The minimum Gasteiger partial charge on any atom is -0.379 e. The molecule has 2 N–H and O–H groups in total. The van der Waals surface area contributed by atoms with E-state index in [1.54, 1.807) is 7.11 Å². The zero-order chi connectivity index (χ0) is 19.0. The van der Waals surface area contributed by atoms with Gasteiger partial charge in [0, 0.05) is 46.9 Å². The Hall–Kier alpha value is -0.860. The fourth-order valence-corrected chi connectivity index (χ4v) is 3.41. The molecule has 0 aromatic heterocycles. The van der Waals surface area contributed by atoms with Crippen LogP contribution in [-0.2, 0) is 17.7 Å². The highest BCUT2D eigenvalue weighted by Crippen LogP contribution is 2.21. The summed E-state index contributed by atoms with van der Waals surface area (Å²) in [7, 11) is 3.58. The summed E-state index contributed by atoms with van der Waals surface area (Å²) in [6, 6.07) is 8.80. The van der Waals surface area contributed by atoms with Crippen molar-refractivity contribution in [3.8, 4) is 0 Å². The zero-order valence-electron chi connectivity index (χ0n) is 17.5. The van der Waals surface area contributed by atoms with E-state index in [9.17, 15) is 0 Å². The smallest absolute Gasteiger partial charge is 0.191 e. The molecule has 0 aliphatic carbocycles. The van der Waals surface area contributed by atoms with Gasteiger partial charge in [0.2, 0.25) is 0 Å².